The molecule has 0 aliphatic rings. The smallest absolute Gasteiger partial charge is 0.227 e. The van der Waals surface area contributed by atoms with E-state index in [1.807, 2.05) is 37.3 Å². The molecular weight excluding hydrogens is 342 g/mol. The molecule has 0 saturated heterocycles. The number of carbonyl (C=O) groups is 1. The lowest BCUT2D eigenvalue weighted by atomic mass is 10.00. The minimum Gasteiger partial charge on any atom is -0.504 e. The second kappa shape index (κ2) is 8.27. The summed E-state index contributed by atoms with van der Waals surface area (Å²) in [5.74, 6) is 0.656. The quantitative estimate of drug-likeness (QED) is 0.554. The second-order valence-corrected chi connectivity index (χ2v) is 6.36. The van der Waals surface area contributed by atoms with E-state index < -0.39 is 0 Å². The number of amides is 1. The van der Waals surface area contributed by atoms with Crippen molar-refractivity contribution < 1.29 is 19.7 Å². The van der Waals surface area contributed by atoms with Crippen molar-refractivity contribution in [3.8, 4) is 23.0 Å². The summed E-state index contributed by atoms with van der Waals surface area (Å²) in [5, 5.41) is 21.8. The number of aromatic hydroxyl groups is 2. The van der Waals surface area contributed by atoms with Crippen molar-refractivity contribution >= 4 is 11.6 Å². The first-order chi connectivity index (χ1) is 13.0. The van der Waals surface area contributed by atoms with Crippen LogP contribution in [-0.2, 0) is 11.2 Å². The Morgan fingerprint density at radius 2 is 1.59 bits per heavy atom. The van der Waals surface area contributed by atoms with Crippen LogP contribution < -0.4 is 10.1 Å². The van der Waals surface area contributed by atoms with E-state index in [9.17, 15) is 15.0 Å². The molecule has 3 rings (SSSR count). The molecule has 3 aromatic carbocycles. The molecule has 3 N–H and O–H groups in total. The largest absolute Gasteiger partial charge is 0.504 e. The van der Waals surface area contributed by atoms with Gasteiger partial charge in [0.15, 0.2) is 11.5 Å². The van der Waals surface area contributed by atoms with Crippen molar-refractivity contribution in [3.63, 3.8) is 0 Å². The van der Waals surface area contributed by atoms with Crippen LogP contribution in [0.5, 0.6) is 23.0 Å². The first-order valence-electron chi connectivity index (χ1n) is 8.66. The van der Waals surface area contributed by atoms with Crippen LogP contribution in [0.15, 0.2) is 72.8 Å². The van der Waals surface area contributed by atoms with Crippen LogP contribution in [0.25, 0.3) is 0 Å². The Morgan fingerprint density at radius 1 is 0.926 bits per heavy atom. The third-order valence-corrected chi connectivity index (χ3v) is 4.13. The first kappa shape index (κ1) is 18.3. The molecule has 0 bridgehead atoms. The average Bonchev–Trinajstić information content (AvgIpc) is 2.67. The topological polar surface area (TPSA) is 78.8 Å². The molecular formula is C22H21NO4. The molecule has 3 aromatic rings. The molecule has 0 fully saturated rings. The zero-order valence-electron chi connectivity index (χ0n) is 14.9. The van der Waals surface area contributed by atoms with Gasteiger partial charge in [-0.3, -0.25) is 4.79 Å². The van der Waals surface area contributed by atoms with E-state index in [0.29, 0.717) is 17.9 Å². The van der Waals surface area contributed by atoms with Gasteiger partial charge in [0, 0.05) is 11.6 Å². The highest BCUT2D eigenvalue weighted by molar-refractivity contribution is 5.92. The SMILES string of the molecule is CC(Cc1ccc(O)c(O)c1)C(=O)Nc1ccc(Oc2ccccc2)cc1. The van der Waals surface area contributed by atoms with Crippen LogP contribution in [0.2, 0.25) is 0 Å². The summed E-state index contributed by atoms with van der Waals surface area (Å²) < 4.78 is 5.73. The number of rotatable bonds is 6. The van der Waals surface area contributed by atoms with Crippen LogP contribution >= 0.6 is 0 Å². The monoisotopic (exact) mass is 363 g/mol. The predicted octanol–water partition coefficient (Wildman–Crippen LogP) is 4.71. The number of carbonyl (C=O) groups excluding carboxylic acids is 1. The van der Waals surface area contributed by atoms with Gasteiger partial charge in [-0.05, 0) is 60.5 Å². The molecule has 0 aliphatic heterocycles. The molecule has 0 aliphatic carbocycles. The average molecular weight is 363 g/mol. The summed E-state index contributed by atoms with van der Waals surface area (Å²) >= 11 is 0. The van der Waals surface area contributed by atoms with Gasteiger partial charge in [0.05, 0.1) is 0 Å². The molecule has 0 spiro atoms. The molecule has 0 saturated carbocycles. The Kier molecular flexibility index (Phi) is 5.61. The van der Waals surface area contributed by atoms with Gasteiger partial charge in [-0.1, -0.05) is 31.2 Å². The number of phenols is 2. The summed E-state index contributed by atoms with van der Waals surface area (Å²) in [5.41, 5.74) is 1.46. The van der Waals surface area contributed by atoms with Crippen LogP contribution in [0.1, 0.15) is 12.5 Å². The standard InChI is InChI=1S/C22H21NO4/c1-15(13-16-7-12-20(24)21(25)14-16)22(26)23-17-8-10-19(11-9-17)27-18-5-3-2-4-6-18/h2-12,14-15,24-25H,13H2,1H3,(H,23,26). The molecule has 27 heavy (non-hydrogen) atoms. The molecule has 0 radical (unpaired) electrons. The summed E-state index contributed by atoms with van der Waals surface area (Å²) in [6.45, 7) is 1.81. The van der Waals surface area contributed by atoms with Crippen LogP contribution in [0.3, 0.4) is 0 Å². The predicted molar refractivity (Wildman–Crippen MR) is 104 cm³/mol. The second-order valence-electron chi connectivity index (χ2n) is 6.36. The maximum Gasteiger partial charge on any atom is 0.227 e. The third-order valence-electron chi connectivity index (χ3n) is 4.13. The van der Waals surface area contributed by atoms with Gasteiger partial charge in [-0.25, -0.2) is 0 Å². The molecule has 1 atom stereocenters. The number of phenolic OH excluding ortho intramolecular Hbond substituents is 2. The highest BCUT2D eigenvalue weighted by Crippen LogP contribution is 2.26. The van der Waals surface area contributed by atoms with Gasteiger partial charge >= 0.3 is 0 Å². The molecule has 5 heteroatoms. The Labute approximate surface area is 157 Å². The zero-order valence-corrected chi connectivity index (χ0v) is 14.9. The molecule has 1 unspecified atom stereocenters. The van der Waals surface area contributed by atoms with Gasteiger partial charge in [-0.15, -0.1) is 0 Å². The number of hydrogen-bond donors (Lipinski definition) is 3. The lowest BCUT2D eigenvalue weighted by molar-refractivity contribution is -0.119. The summed E-state index contributed by atoms with van der Waals surface area (Å²) in [4.78, 5) is 12.4. The number of hydrogen-bond acceptors (Lipinski definition) is 4. The van der Waals surface area contributed by atoms with Gasteiger partial charge in [0.2, 0.25) is 5.91 Å². The minimum atomic E-state index is -0.297. The Hall–Kier alpha value is -3.47. The maximum atomic E-state index is 12.4. The van der Waals surface area contributed by atoms with Gasteiger partial charge in [-0.2, -0.15) is 0 Å². The van der Waals surface area contributed by atoms with E-state index in [4.69, 9.17) is 4.74 Å². The Morgan fingerprint density at radius 3 is 2.26 bits per heavy atom. The van der Waals surface area contributed by atoms with Crippen molar-refractivity contribution in [1.82, 2.24) is 0 Å². The summed E-state index contributed by atoms with van der Waals surface area (Å²) in [6, 6.07) is 21.2. The van der Waals surface area contributed by atoms with Crippen molar-refractivity contribution in [1.29, 1.82) is 0 Å². The third kappa shape index (κ3) is 5.01. The fourth-order valence-corrected chi connectivity index (χ4v) is 2.64. The number of benzene rings is 3. The molecule has 138 valence electrons. The van der Waals surface area contributed by atoms with Crippen molar-refractivity contribution in [2.45, 2.75) is 13.3 Å². The van der Waals surface area contributed by atoms with E-state index in [0.717, 1.165) is 11.3 Å². The van der Waals surface area contributed by atoms with E-state index in [2.05, 4.69) is 5.32 Å². The highest BCUT2D eigenvalue weighted by Gasteiger charge is 2.15. The first-order valence-corrected chi connectivity index (χ1v) is 8.66. The zero-order chi connectivity index (χ0) is 19.2. The van der Waals surface area contributed by atoms with Gasteiger partial charge in [0.25, 0.3) is 0 Å². The van der Waals surface area contributed by atoms with E-state index in [-0.39, 0.29) is 23.3 Å². The normalized spacial score (nSPS) is 11.6. The number of ether oxygens (including phenoxy) is 1. The Balaban J connectivity index is 1.57. The van der Waals surface area contributed by atoms with Crippen molar-refractivity contribution in [2.75, 3.05) is 5.32 Å². The van der Waals surface area contributed by atoms with Gasteiger partial charge in [0.1, 0.15) is 11.5 Å². The molecule has 5 nitrogen and oxygen atoms in total. The fourth-order valence-electron chi connectivity index (χ4n) is 2.64. The van der Waals surface area contributed by atoms with E-state index in [1.165, 1.54) is 12.1 Å². The van der Waals surface area contributed by atoms with Crippen LogP contribution in [0, 0.1) is 5.92 Å². The molecule has 0 aromatic heterocycles. The van der Waals surface area contributed by atoms with E-state index in [1.54, 1.807) is 30.3 Å². The number of nitrogens with one attached hydrogen (secondary N) is 1. The molecule has 0 heterocycles. The Bertz CT molecular complexity index is 907. The van der Waals surface area contributed by atoms with Crippen LogP contribution in [0.4, 0.5) is 5.69 Å². The maximum absolute atomic E-state index is 12.4. The summed E-state index contributed by atoms with van der Waals surface area (Å²) in [7, 11) is 0. The lowest BCUT2D eigenvalue weighted by Gasteiger charge is -2.13. The van der Waals surface area contributed by atoms with Crippen LogP contribution in [-0.4, -0.2) is 16.1 Å². The number of anilines is 1. The lowest BCUT2D eigenvalue weighted by Crippen LogP contribution is -2.22. The minimum absolute atomic E-state index is 0.126. The van der Waals surface area contributed by atoms with Gasteiger partial charge < -0.3 is 20.3 Å². The van der Waals surface area contributed by atoms with E-state index >= 15 is 0 Å². The van der Waals surface area contributed by atoms with Crippen molar-refractivity contribution in [3.05, 3.63) is 78.4 Å². The highest BCUT2D eigenvalue weighted by atomic mass is 16.5. The summed E-state index contributed by atoms with van der Waals surface area (Å²) in [6.07, 6.45) is 0.453. The van der Waals surface area contributed by atoms with Crippen molar-refractivity contribution in [2.24, 2.45) is 5.92 Å². The fraction of sp³-hybridized carbons (Fsp3) is 0.136. The number of para-hydroxylation sites is 1. The molecule has 1 amide bonds.